The molecule has 0 bridgehead atoms. The molecule has 2 aromatic heterocycles. The SMILES string of the molecule is C[Si](C)(C)CCOCn1nc(N(S(C)(=O)=O)S(C)(=O)=O)c2nc(Cl)cc(CN3CCCC3)c21. The minimum Gasteiger partial charge on any atom is -0.360 e. The van der Waals surface area contributed by atoms with Gasteiger partial charge in [-0.2, -0.15) is 0 Å². The van der Waals surface area contributed by atoms with Gasteiger partial charge in [-0.25, -0.2) is 26.5 Å². The van der Waals surface area contributed by atoms with E-state index in [9.17, 15) is 16.8 Å². The predicted octanol–water partition coefficient (Wildman–Crippen LogP) is 2.72. The number of pyridine rings is 1. The second-order valence-corrected chi connectivity index (χ2v) is 19.6. The van der Waals surface area contributed by atoms with Crippen LogP contribution in [0.5, 0.6) is 0 Å². The summed E-state index contributed by atoms with van der Waals surface area (Å²) in [6.45, 7) is 9.74. The van der Waals surface area contributed by atoms with Crippen LogP contribution in [0.2, 0.25) is 30.8 Å². The van der Waals surface area contributed by atoms with Crippen LogP contribution in [-0.4, -0.2) is 76.8 Å². The topological polar surface area (TPSA) is 115 Å². The lowest BCUT2D eigenvalue weighted by Crippen LogP contribution is -2.35. The molecule has 10 nitrogen and oxygen atoms in total. The Labute approximate surface area is 202 Å². The molecule has 1 fully saturated rings. The van der Waals surface area contributed by atoms with E-state index in [0.717, 1.165) is 50.1 Å². The highest BCUT2D eigenvalue weighted by Crippen LogP contribution is 2.33. The van der Waals surface area contributed by atoms with Crippen LogP contribution >= 0.6 is 11.6 Å². The third kappa shape index (κ3) is 6.66. The Bertz CT molecular complexity index is 1190. The molecule has 0 N–H and O–H groups in total. The number of anilines is 1. The monoisotopic (exact) mass is 537 g/mol. The summed E-state index contributed by atoms with van der Waals surface area (Å²) in [6.07, 6.45) is 3.84. The number of hydrogen-bond acceptors (Lipinski definition) is 8. The number of hydrogen-bond donors (Lipinski definition) is 0. The molecule has 3 rings (SSSR count). The van der Waals surface area contributed by atoms with Gasteiger partial charge >= 0.3 is 0 Å². The lowest BCUT2D eigenvalue weighted by molar-refractivity contribution is 0.0817. The van der Waals surface area contributed by atoms with E-state index in [1.54, 1.807) is 6.07 Å². The Balaban J connectivity index is 2.14. The molecule has 1 saturated heterocycles. The van der Waals surface area contributed by atoms with Crippen LogP contribution in [0.25, 0.3) is 11.0 Å². The number of ether oxygens (including phenoxy) is 1. The molecule has 0 saturated carbocycles. The fraction of sp³-hybridized carbons (Fsp3) is 0.684. The van der Waals surface area contributed by atoms with Crippen molar-refractivity contribution in [2.45, 2.75) is 51.8 Å². The van der Waals surface area contributed by atoms with Gasteiger partial charge in [0.25, 0.3) is 0 Å². The van der Waals surface area contributed by atoms with Gasteiger partial charge in [0.05, 0.1) is 18.0 Å². The highest BCUT2D eigenvalue weighted by molar-refractivity contribution is 8.09. The maximum atomic E-state index is 12.5. The quantitative estimate of drug-likeness (QED) is 0.258. The predicted molar refractivity (Wildman–Crippen MR) is 133 cm³/mol. The molecule has 186 valence electrons. The Morgan fingerprint density at radius 1 is 1.12 bits per heavy atom. The Morgan fingerprint density at radius 2 is 1.73 bits per heavy atom. The summed E-state index contributed by atoms with van der Waals surface area (Å²) in [5.74, 6) is -0.297. The molecule has 1 aliphatic heterocycles. The van der Waals surface area contributed by atoms with Crippen molar-refractivity contribution in [1.29, 1.82) is 0 Å². The molecule has 0 unspecified atom stereocenters. The number of likely N-dealkylation sites (tertiary alicyclic amines) is 1. The number of fused-ring (bicyclic) bond motifs is 1. The standard InChI is InChI=1S/C19H32ClN5O5S2Si/c1-31(26,27)25(32(2,28)29)19-17-18(24(22-19)14-30-10-11-33(3,4)5)15(12-16(20)21-17)13-23-8-6-7-9-23/h12H,6-11,13-14H2,1-5H3. The van der Waals surface area contributed by atoms with Crippen molar-refractivity contribution in [3.05, 3.63) is 16.8 Å². The minimum absolute atomic E-state index is 0.0403. The minimum atomic E-state index is -4.21. The molecule has 0 aliphatic carbocycles. The maximum absolute atomic E-state index is 12.5. The number of nitrogens with zero attached hydrogens (tertiary/aromatic N) is 5. The molecule has 14 heteroatoms. The van der Waals surface area contributed by atoms with E-state index >= 15 is 0 Å². The first kappa shape index (κ1) is 26.4. The van der Waals surface area contributed by atoms with E-state index in [1.807, 2.05) is 0 Å². The smallest absolute Gasteiger partial charge is 0.246 e. The number of aromatic nitrogens is 3. The van der Waals surface area contributed by atoms with Crippen molar-refractivity contribution >= 4 is 56.6 Å². The molecule has 0 aromatic carbocycles. The van der Waals surface area contributed by atoms with Crippen molar-refractivity contribution in [3.63, 3.8) is 0 Å². The van der Waals surface area contributed by atoms with Crippen LogP contribution in [0.15, 0.2) is 6.07 Å². The highest BCUT2D eigenvalue weighted by Gasteiger charge is 2.34. The molecule has 0 spiro atoms. The van der Waals surface area contributed by atoms with Crippen LogP contribution in [0.3, 0.4) is 0 Å². The first-order chi connectivity index (χ1) is 15.2. The van der Waals surface area contributed by atoms with Crippen LogP contribution in [0, 0.1) is 0 Å². The molecular formula is C19H32ClN5O5S2Si. The second kappa shape index (κ2) is 9.78. The van der Waals surface area contributed by atoms with Crippen LogP contribution in [0.4, 0.5) is 5.82 Å². The molecule has 3 heterocycles. The van der Waals surface area contributed by atoms with Gasteiger partial charge in [-0.1, -0.05) is 31.2 Å². The molecule has 1 aliphatic rings. The average Bonchev–Trinajstić information content (AvgIpc) is 3.24. The summed E-state index contributed by atoms with van der Waals surface area (Å²) >= 11 is 6.29. The third-order valence-corrected chi connectivity index (χ3v) is 10.4. The zero-order valence-corrected chi connectivity index (χ0v) is 23.1. The van der Waals surface area contributed by atoms with Crippen molar-refractivity contribution in [2.75, 3.05) is 35.9 Å². The van der Waals surface area contributed by atoms with Gasteiger partial charge in [-0.3, -0.25) is 4.90 Å². The summed E-state index contributed by atoms with van der Waals surface area (Å²) in [7, 11) is -9.72. The Kier molecular flexibility index (Phi) is 7.81. The summed E-state index contributed by atoms with van der Waals surface area (Å²) in [5, 5.41) is 4.50. The van der Waals surface area contributed by atoms with Gasteiger partial charge in [-0.05, 0) is 43.6 Å². The third-order valence-electron chi connectivity index (χ3n) is 5.30. The van der Waals surface area contributed by atoms with Gasteiger partial charge in [-0.15, -0.1) is 8.81 Å². The summed E-state index contributed by atoms with van der Waals surface area (Å²) in [6, 6.07) is 2.67. The molecule has 0 radical (unpaired) electrons. The Hall–Kier alpha value is -1.25. The second-order valence-electron chi connectivity index (χ2n) is 9.68. The maximum Gasteiger partial charge on any atom is 0.246 e. The molecule has 33 heavy (non-hydrogen) atoms. The highest BCUT2D eigenvalue weighted by atomic mass is 35.5. The Morgan fingerprint density at radius 3 is 2.27 bits per heavy atom. The number of sulfonamides is 2. The van der Waals surface area contributed by atoms with Gasteiger partial charge in [0, 0.05) is 21.2 Å². The molecular weight excluding hydrogens is 506 g/mol. The fourth-order valence-corrected chi connectivity index (χ4v) is 7.63. The molecule has 2 aromatic rings. The van der Waals surface area contributed by atoms with Crippen LogP contribution in [-0.2, 0) is 38.1 Å². The van der Waals surface area contributed by atoms with Gasteiger partial charge < -0.3 is 4.74 Å². The molecule has 0 amide bonds. The van der Waals surface area contributed by atoms with Crippen molar-refractivity contribution in [1.82, 2.24) is 19.7 Å². The zero-order chi connectivity index (χ0) is 24.6. The van der Waals surface area contributed by atoms with E-state index < -0.39 is 28.1 Å². The van der Waals surface area contributed by atoms with E-state index in [4.69, 9.17) is 16.3 Å². The van der Waals surface area contributed by atoms with Gasteiger partial charge in [0.1, 0.15) is 17.4 Å². The fourth-order valence-electron chi connectivity index (χ4n) is 3.82. The van der Waals surface area contributed by atoms with E-state index in [0.29, 0.717) is 22.4 Å². The van der Waals surface area contributed by atoms with Crippen molar-refractivity contribution in [2.24, 2.45) is 0 Å². The van der Waals surface area contributed by atoms with Gasteiger partial charge in [0.15, 0.2) is 0 Å². The largest absolute Gasteiger partial charge is 0.360 e. The van der Waals surface area contributed by atoms with E-state index in [1.165, 1.54) is 4.68 Å². The molecule has 0 atom stereocenters. The number of halogens is 1. The average molecular weight is 538 g/mol. The summed E-state index contributed by atoms with van der Waals surface area (Å²) < 4.78 is 57.5. The van der Waals surface area contributed by atoms with Gasteiger partial charge in [0.2, 0.25) is 25.9 Å². The van der Waals surface area contributed by atoms with E-state index in [2.05, 4.69) is 34.6 Å². The first-order valence-electron chi connectivity index (χ1n) is 10.7. The number of rotatable bonds is 10. The van der Waals surface area contributed by atoms with Crippen molar-refractivity contribution in [3.8, 4) is 0 Å². The van der Waals surface area contributed by atoms with Crippen LogP contribution < -0.4 is 3.71 Å². The summed E-state index contributed by atoms with van der Waals surface area (Å²) in [4.78, 5) is 6.55. The van der Waals surface area contributed by atoms with Crippen molar-refractivity contribution < 1.29 is 21.6 Å². The first-order valence-corrected chi connectivity index (χ1v) is 18.5. The normalized spacial score (nSPS) is 16.1. The lowest BCUT2D eigenvalue weighted by Gasteiger charge is -2.17. The van der Waals surface area contributed by atoms with E-state index in [-0.39, 0.29) is 23.2 Å². The lowest BCUT2D eigenvalue weighted by atomic mass is 10.2. The summed E-state index contributed by atoms with van der Waals surface area (Å²) in [5.41, 5.74) is 1.43. The zero-order valence-electron chi connectivity index (χ0n) is 19.7. The van der Waals surface area contributed by atoms with Crippen LogP contribution in [0.1, 0.15) is 18.4 Å².